The molecule has 1 saturated heterocycles. The maximum Gasteiger partial charge on any atom is 0.0858 e. The standard InChI is InChI=1S/C16H25ClN2O/c1-3-8-19-9-10-20-16(12-19)15(18-2)11-13-4-6-14(17)7-5-13/h4-7,15-16,18H,3,8-12H2,1-2H3. The van der Waals surface area contributed by atoms with Crippen LogP contribution in [-0.2, 0) is 11.2 Å². The molecule has 3 nitrogen and oxygen atoms in total. The Hall–Kier alpha value is -0.610. The van der Waals surface area contributed by atoms with Crippen LogP contribution in [0.1, 0.15) is 18.9 Å². The predicted molar refractivity (Wildman–Crippen MR) is 84.5 cm³/mol. The maximum absolute atomic E-state index is 5.97. The number of morpholine rings is 1. The van der Waals surface area contributed by atoms with Gasteiger partial charge in [0.2, 0.25) is 0 Å². The molecule has 1 aromatic carbocycles. The van der Waals surface area contributed by atoms with Crippen molar-refractivity contribution in [2.45, 2.75) is 31.9 Å². The first-order valence-corrected chi connectivity index (χ1v) is 7.86. The quantitative estimate of drug-likeness (QED) is 0.873. The van der Waals surface area contributed by atoms with Crippen LogP contribution >= 0.6 is 11.6 Å². The maximum atomic E-state index is 5.97. The zero-order valence-electron chi connectivity index (χ0n) is 12.4. The van der Waals surface area contributed by atoms with Gasteiger partial charge < -0.3 is 10.1 Å². The minimum Gasteiger partial charge on any atom is -0.374 e. The Morgan fingerprint density at radius 3 is 2.80 bits per heavy atom. The lowest BCUT2D eigenvalue weighted by Gasteiger charge is -2.37. The van der Waals surface area contributed by atoms with Crippen molar-refractivity contribution in [2.75, 3.05) is 33.3 Å². The number of hydrogen-bond donors (Lipinski definition) is 1. The zero-order chi connectivity index (χ0) is 14.4. The van der Waals surface area contributed by atoms with Crippen molar-refractivity contribution in [3.05, 3.63) is 34.9 Å². The van der Waals surface area contributed by atoms with Gasteiger partial charge in [-0.25, -0.2) is 0 Å². The summed E-state index contributed by atoms with van der Waals surface area (Å²) in [5.41, 5.74) is 1.30. The molecule has 1 aliphatic heterocycles. The molecule has 1 N–H and O–H groups in total. The molecule has 0 aliphatic carbocycles. The molecule has 0 bridgehead atoms. The van der Waals surface area contributed by atoms with E-state index in [1.54, 1.807) is 0 Å². The van der Waals surface area contributed by atoms with E-state index in [0.29, 0.717) is 6.04 Å². The van der Waals surface area contributed by atoms with Crippen LogP contribution in [0.3, 0.4) is 0 Å². The van der Waals surface area contributed by atoms with E-state index < -0.39 is 0 Å². The van der Waals surface area contributed by atoms with Crippen molar-refractivity contribution in [1.29, 1.82) is 0 Å². The van der Waals surface area contributed by atoms with Crippen LogP contribution < -0.4 is 5.32 Å². The fraction of sp³-hybridized carbons (Fsp3) is 0.625. The number of benzene rings is 1. The molecule has 0 spiro atoms. The number of nitrogens with one attached hydrogen (secondary N) is 1. The molecule has 1 fully saturated rings. The van der Waals surface area contributed by atoms with E-state index in [1.165, 1.54) is 12.0 Å². The summed E-state index contributed by atoms with van der Waals surface area (Å²) in [7, 11) is 2.02. The summed E-state index contributed by atoms with van der Waals surface area (Å²) in [6.07, 6.45) is 2.43. The van der Waals surface area contributed by atoms with Gasteiger partial charge in [0, 0.05) is 24.2 Å². The van der Waals surface area contributed by atoms with Gasteiger partial charge in [-0.2, -0.15) is 0 Å². The van der Waals surface area contributed by atoms with Gasteiger partial charge in [-0.3, -0.25) is 4.90 Å². The topological polar surface area (TPSA) is 24.5 Å². The van der Waals surface area contributed by atoms with Crippen molar-refractivity contribution in [1.82, 2.24) is 10.2 Å². The van der Waals surface area contributed by atoms with Crippen molar-refractivity contribution in [2.24, 2.45) is 0 Å². The molecule has 4 heteroatoms. The van der Waals surface area contributed by atoms with E-state index in [9.17, 15) is 0 Å². The lowest BCUT2D eigenvalue weighted by molar-refractivity contribution is -0.0450. The van der Waals surface area contributed by atoms with Gasteiger partial charge in [-0.05, 0) is 44.1 Å². The van der Waals surface area contributed by atoms with E-state index in [0.717, 1.165) is 37.7 Å². The highest BCUT2D eigenvalue weighted by Crippen LogP contribution is 2.15. The second-order valence-corrected chi connectivity index (χ2v) is 5.87. The number of hydrogen-bond acceptors (Lipinski definition) is 3. The Labute approximate surface area is 127 Å². The Morgan fingerprint density at radius 2 is 2.15 bits per heavy atom. The SMILES string of the molecule is CCCN1CCOC(C(Cc2ccc(Cl)cc2)NC)C1. The summed E-state index contributed by atoms with van der Waals surface area (Å²) in [4.78, 5) is 2.50. The predicted octanol–water partition coefficient (Wildman–Crippen LogP) is 2.58. The van der Waals surface area contributed by atoms with Crippen LogP contribution in [0.5, 0.6) is 0 Å². The van der Waals surface area contributed by atoms with Gasteiger partial charge in [0.1, 0.15) is 0 Å². The molecule has 112 valence electrons. The normalized spacial score (nSPS) is 21.9. The van der Waals surface area contributed by atoms with Crippen molar-refractivity contribution in [3.63, 3.8) is 0 Å². The lowest BCUT2D eigenvalue weighted by Crippen LogP contribution is -2.52. The second-order valence-electron chi connectivity index (χ2n) is 5.44. The van der Waals surface area contributed by atoms with Crippen LogP contribution in [-0.4, -0.2) is 50.3 Å². The number of halogens is 1. The molecule has 20 heavy (non-hydrogen) atoms. The number of rotatable bonds is 6. The third kappa shape index (κ3) is 4.45. The van der Waals surface area contributed by atoms with Gasteiger partial charge in [0.15, 0.2) is 0 Å². The van der Waals surface area contributed by atoms with Crippen molar-refractivity contribution >= 4 is 11.6 Å². The minimum atomic E-state index is 0.260. The molecule has 1 aliphatic rings. The molecule has 2 unspecified atom stereocenters. The first-order chi connectivity index (χ1) is 9.72. The third-order valence-electron chi connectivity index (χ3n) is 3.91. The van der Waals surface area contributed by atoms with Crippen LogP contribution in [0.2, 0.25) is 5.02 Å². The van der Waals surface area contributed by atoms with Crippen molar-refractivity contribution < 1.29 is 4.74 Å². The fourth-order valence-electron chi connectivity index (χ4n) is 2.79. The molecule has 0 saturated carbocycles. The van der Waals surface area contributed by atoms with E-state index in [4.69, 9.17) is 16.3 Å². The molecule has 2 atom stereocenters. The Morgan fingerprint density at radius 1 is 1.40 bits per heavy atom. The summed E-state index contributed by atoms with van der Waals surface area (Å²) in [6, 6.07) is 8.44. The molecular formula is C16H25ClN2O. The second kappa shape index (κ2) is 7.99. The first-order valence-electron chi connectivity index (χ1n) is 7.48. The number of ether oxygens (including phenoxy) is 1. The average Bonchev–Trinajstić information content (AvgIpc) is 2.47. The summed E-state index contributed by atoms with van der Waals surface area (Å²) in [5, 5.41) is 4.20. The van der Waals surface area contributed by atoms with Crippen LogP contribution in [0.15, 0.2) is 24.3 Å². The Bertz CT molecular complexity index is 394. The van der Waals surface area contributed by atoms with Gasteiger partial charge in [-0.1, -0.05) is 30.7 Å². The average molecular weight is 297 g/mol. The largest absolute Gasteiger partial charge is 0.374 e. The summed E-state index contributed by atoms with van der Waals surface area (Å²) < 4.78 is 5.97. The van der Waals surface area contributed by atoms with E-state index >= 15 is 0 Å². The van der Waals surface area contributed by atoms with E-state index in [1.807, 2.05) is 19.2 Å². The smallest absolute Gasteiger partial charge is 0.0858 e. The highest BCUT2D eigenvalue weighted by atomic mass is 35.5. The molecule has 0 aromatic heterocycles. The molecule has 0 radical (unpaired) electrons. The number of nitrogens with zero attached hydrogens (tertiary/aromatic N) is 1. The zero-order valence-corrected chi connectivity index (χ0v) is 13.2. The highest BCUT2D eigenvalue weighted by molar-refractivity contribution is 6.30. The van der Waals surface area contributed by atoms with Crippen LogP contribution in [0.4, 0.5) is 0 Å². The van der Waals surface area contributed by atoms with Crippen molar-refractivity contribution in [3.8, 4) is 0 Å². The van der Waals surface area contributed by atoms with Gasteiger partial charge in [-0.15, -0.1) is 0 Å². The third-order valence-corrected chi connectivity index (χ3v) is 4.16. The molecule has 1 aromatic rings. The molecule has 1 heterocycles. The van der Waals surface area contributed by atoms with E-state index in [-0.39, 0.29) is 6.10 Å². The van der Waals surface area contributed by atoms with Gasteiger partial charge in [0.25, 0.3) is 0 Å². The number of likely N-dealkylation sites (N-methyl/N-ethyl adjacent to an activating group) is 1. The summed E-state index contributed by atoms with van der Waals surface area (Å²) in [6.45, 7) is 6.31. The highest BCUT2D eigenvalue weighted by Gasteiger charge is 2.26. The monoisotopic (exact) mass is 296 g/mol. The van der Waals surface area contributed by atoms with Crippen LogP contribution in [0, 0.1) is 0 Å². The molecule has 2 rings (SSSR count). The minimum absolute atomic E-state index is 0.260. The summed E-state index contributed by atoms with van der Waals surface area (Å²) in [5.74, 6) is 0. The Kier molecular flexibility index (Phi) is 6.30. The first kappa shape index (κ1) is 15.8. The molecular weight excluding hydrogens is 272 g/mol. The van der Waals surface area contributed by atoms with Gasteiger partial charge >= 0.3 is 0 Å². The summed E-state index contributed by atoms with van der Waals surface area (Å²) >= 11 is 5.94. The fourth-order valence-corrected chi connectivity index (χ4v) is 2.91. The van der Waals surface area contributed by atoms with E-state index in [2.05, 4.69) is 29.3 Å². The van der Waals surface area contributed by atoms with Gasteiger partial charge in [0.05, 0.1) is 12.7 Å². The van der Waals surface area contributed by atoms with Crippen LogP contribution in [0.25, 0.3) is 0 Å². The Balaban J connectivity index is 1.95. The molecule has 0 amide bonds. The lowest BCUT2D eigenvalue weighted by atomic mass is 10.00.